The molecule has 5 heteroatoms. The predicted molar refractivity (Wildman–Crippen MR) is 80.4 cm³/mol. The number of fused-ring (bicyclic) bond motifs is 1. The van der Waals surface area contributed by atoms with Crippen molar-refractivity contribution in [1.82, 2.24) is 14.4 Å². The minimum atomic E-state index is 0.721. The van der Waals surface area contributed by atoms with Gasteiger partial charge in [0.25, 0.3) is 0 Å². The predicted octanol–water partition coefficient (Wildman–Crippen LogP) is 3.73. The molecule has 0 amide bonds. The van der Waals surface area contributed by atoms with Gasteiger partial charge in [0.1, 0.15) is 0 Å². The molecule has 0 radical (unpaired) electrons. The van der Waals surface area contributed by atoms with Crippen LogP contribution in [0.4, 0.5) is 11.5 Å². The molecule has 0 aliphatic carbocycles. The number of benzene rings is 1. The van der Waals surface area contributed by atoms with Crippen molar-refractivity contribution >= 4 is 17.2 Å². The van der Waals surface area contributed by atoms with Gasteiger partial charge < -0.3 is 9.73 Å². The van der Waals surface area contributed by atoms with Crippen molar-refractivity contribution < 1.29 is 4.42 Å². The van der Waals surface area contributed by atoms with E-state index in [1.165, 1.54) is 0 Å². The number of nitrogens with zero attached hydrogens (tertiary/aromatic N) is 3. The van der Waals surface area contributed by atoms with E-state index in [0.29, 0.717) is 0 Å². The zero-order chi connectivity index (χ0) is 14.1. The second-order valence-electron chi connectivity index (χ2n) is 4.62. The van der Waals surface area contributed by atoms with E-state index in [9.17, 15) is 0 Å². The monoisotopic (exact) mass is 276 g/mol. The standard InChI is InChI=1S/C16H12N4O/c1-2-4-13(5-3-1)19-15-16-18-10-14(12-6-9-21-11-12)20(16)8-7-17-15/h1-11H,(H,17,19). The number of hydrogen-bond donors (Lipinski definition) is 1. The number of rotatable bonds is 3. The van der Waals surface area contributed by atoms with Gasteiger partial charge >= 0.3 is 0 Å². The Kier molecular flexibility index (Phi) is 2.67. The lowest BCUT2D eigenvalue weighted by atomic mass is 10.2. The van der Waals surface area contributed by atoms with Crippen molar-refractivity contribution in [2.24, 2.45) is 0 Å². The van der Waals surface area contributed by atoms with Crippen molar-refractivity contribution in [2.45, 2.75) is 0 Å². The molecule has 4 rings (SSSR count). The molecule has 0 bridgehead atoms. The molecule has 0 saturated heterocycles. The molecule has 0 unspecified atom stereocenters. The maximum atomic E-state index is 5.14. The van der Waals surface area contributed by atoms with Crippen molar-refractivity contribution in [2.75, 3.05) is 5.32 Å². The van der Waals surface area contributed by atoms with E-state index < -0.39 is 0 Å². The maximum Gasteiger partial charge on any atom is 0.180 e. The second kappa shape index (κ2) is 4.79. The third-order valence-electron chi connectivity index (χ3n) is 3.28. The summed E-state index contributed by atoms with van der Waals surface area (Å²) in [6.07, 6.45) is 8.82. The first-order chi connectivity index (χ1) is 10.4. The van der Waals surface area contributed by atoms with Crippen LogP contribution in [0.3, 0.4) is 0 Å². The first-order valence-electron chi connectivity index (χ1n) is 6.58. The Hall–Kier alpha value is -3.08. The van der Waals surface area contributed by atoms with Crippen LogP contribution < -0.4 is 5.32 Å². The molecule has 3 heterocycles. The van der Waals surface area contributed by atoms with Gasteiger partial charge in [0.15, 0.2) is 11.5 Å². The third-order valence-corrected chi connectivity index (χ3v) is 3.28. The van der Waals surface area contributed by atoms with Crippen molar-refractivity contribution in [3.8, 4) is 11.3 Å². The van der Waals surface area contributed by atoms with Gasteiger partial charge in [-0.25, -0.2) is 9.97 Å². The second-order valence-corrected chi connectivity index (χ2v) is 4.62. The van der Waals surface area contributed by atoms with Crippen LogP contribution in [-0.4, -0.2) is 14.4 Å². The van der Waals surface area contributed by atoms with Gasteiger partial charge in [-0.05, 0) is 18.2 Å². The molecule has 0 atom stereocenters. The summed E-state index contributed by atoms with van der Waals surface area (Å²) >= 11 is 0. The highest BCUT2D eigenvalue weighted by Crippen LogP contribution is 2.25. The average molecular weight is 276 g/mol. The summed E-state index contributed by atoms with van der Waals surface area (Å²) < 4.78 is 7.13. The zero-order valence-corrected chi connectivity index (χ0v) is 11.1. The fourth-order valence-electron chi connectivity index (χ4n) is 2.29. The molecular formula is C16H12N4O. The normalized spacial score (nSPS) is 10.9. The largest absolute Gasteiger partial charge is 0.472 e. The lowest BCUT2D eigenvalue weighted by Crippen LogP contribution is -1.98. The first-order valence-corrected chi connectivity index (χ1v) is 6.58. The number of furan rings is 1. The van der Waals surface area contributed by atoms with Gasteiger partial charge in [-0.2, -0.15) is 0 Å². The summed E-state index contributed by atoms with van der Waals surface area (Å²) in [7, 11) is 0. The van der Waals surface area contributed by atoms with E-state index >= 15 is 0 Å². The lowest BCUT2D eigenvalue weighted by Gasteiger charge is -2.07. The minimum absolute atomic E-state index is 0.721. The molecular weight excluding hydrogens is 264 g/mol. The van der Waals surface area contributed by atoms with Crippen LogP contribution in [0.25, 0.3) is 16.9 Å². The van der Waals surface area contributed by atoms with Gasteiger partial charge in [0.2, 0.25) is 0 Å². The summed E-state index contributed by atoms with van der Waals surface area (Å²) in [5, 5.41) is 3.29. The topological polar surface area (TPSA) is 55.4 Å². The molecule has 5 nitrogen and oxygen atoms in total. The molecule has 0 aliphatic rings. The fourth-order valence-corrected chi connectivity index (χ4v) is 2.29. The van der Waals surface area contributed by atoms with Crippen molar-refractivity contribution in [3.05, 3.63) is 67.5 Å². The summed E-state index contributed by atoms with van der Waals surface area (Å²) in [5.41, 5.74) is 3.71. The number of imidazole rings is 1. The van der Waals surface area contributed by atoms with Gasteiger partial charge in [-0.1, -0.05) is 18.2 Å². The van der Waals surface area contributed by atoms with E-state index in [1.807, 2.05) is 53.2 Å². The Morgan fingerprint density at radius 1 is 1.05 bits per heavy atom. The number of para-hydroxylation sites is 1. The molecule has 0 aliphatic heterocycles. The maximum absolute atomic E-state index is 5.14. The Morgan fingerprint density at radius 2 is 1.95 bits per heavy atom. The van der Waals surface area contributed by atoms with Crippen LogP contribution in [-0.2, 0) is 0 Å². The number of nitrogens with one attached hydrogen (secondary N) is 1. The molecule has 0 saturated carbocycles. The number of hydrogen-bond acceptors (Lipinski definition) is 4. The van der Waals surface area contributed by atoms with Gasteiger partial charge in [0.05, 0.1) is 24.4 Å². The van der Waals surface area contributed by atoms with Gasteiger partial charge in [-0.15, -0.1) is 0 Å². The highest BCUT2D eigenvalue weighted by molar-refractivity contribution is 5.73. The smallest absolute Gasteiger partial charge is 0.180 e. The van der Waals surface area contributed by atoms with Crippen LogP contribution in [0.5, 0.6) is 0 Å². The molecule has 4 aromatic rings. The first kappa shape index (κ1) is 11.7. The highest BCUT2D eigenvalue weighted by Gasteiger charge is 2.10. The quantitative estimate of drug-likeness (QED) is 0.619. The van der Waals surface area contributed by atoms with E-state index in [1.54, 1.807) is 18.7 Å². The fraction of sp³-hybridized carbons (Fsp3) is 0. The third kappa shape index (κ3) is 2.04. The van der Waals surface area contributed by atoms with Crippen LogP contribution in [0.15, 0.2) is 71.9 Å². The SMILES string of the molecule is c1ccc(Nc2nccn3c(-c4ccoc4)cnc23)cc1. The molecule has 0 fully saturated rings. The van der Waals surface area contributed by atoms with Crippen LogP contribution in [0.1, 0.15) is 0 Å². The van der Waals surface area contributed by atoms with Gasteiger partial charge in [-0.3, -0.25) is 4.40 Å². The molecule has 1 aromatic carbocycles. The van der Waals surface area contributed by atoms with Crippen molar-refractivity contribution in [1.29, 1.82) is 0 Å². The zero-order valence-electron chi connectivity index (χ0n) is 11.1. The molecule has 102 valence electrons. The molecule has 21 heavy (non-hydrogen) atoms. The average Bonchev–Trinajstić information content (AvgIpc) is 3.17. The highest BCUT2D eigenvalue weighted by atomic mass is 16.3. The summed E-state index contributed by atoms with van der Waals surface area (Å²) in [4.78, 5) is 8.85. The van der Waals surface area contributed by atoms with E-state index in [-0.39, 0.29) is 0 Å². The van der Waals surface area contributed by atoms with Crippen LogP contribution >= 0.6 is 0 Å². The Labute approximate surface area is 120 Å². The minimum Gasteiger partial charge on any atom is -0.472 e. The van der Waals surface area contributed by atoms with E-state index in [2.05, 4.69) is 15.3 Å². The summed E-state index contributed by atoms with van der Waals surface area (Å²) in [6, 6.07) is 11.8. The summed E-state index contributed by atoms with van der Waals surface area (Å²) in [5.74, 6) is 0.721. The summed E-state index contributed by atoms with van der Waals surface area (Å²) in [6.45, 7) is 0. The van der Waals surface area contributed by atoms with Crippen LogP contribution in [0, 0.1) is 0 Å². The number of anilines is 2. The van der Waals surface area contributed by atoms with Crippen LogP contribution in [0.2, 0.25) is 0 Å². The Morgan fingerprint density at radius 3 is 2.76 bits per heavy atom. The Balaban J connectivity index is 1.81. The molecule has 1 N–H and O–H groups in total. The molecule has 3 aromatic heterocycles. The van der Waals surface area contributed by atoms with E-state index in [0.717, 1.165) is 28.4 Å². The van der Waals surface area contributed by atoms with Gasteiger partial charge in [0, 0.05) is 23.6 Å². The van der Waals surface area contributed by atoms with Crippen molar-refractivity contribution in [3.63, 3.8) is 0 Å². The number of aromatic nitrogens is 3. The lowest BCUT2D eigenvalue weighted by molar-refractivity contribution is 0.568. The Bertz CT molecular complexity index is 866. The van der Waals surface area contributed by atoms with E-state index in [4.69, 9.17) is 4.42 Å². The molecule has 0 spiro atoms.